The van der Waals surface area contributed by atoms with Crippen LogP contribution in [-0.4, -0.2) is 34.0 Å². The largest absolute Gasteiger partial charge is 0.397 e. The lowest BCUT2D eigenvalue weighted by Gasteiger charge is -2.20. The van der Waals surface area contributed by atoms with Crippen molar-refractivity contribution in [3.8, 4) is 0 Å². The fraction of sp³-hybridized carbons (Fsp3) is 0.500. The Kier molecular flexibility index (Phi) is 2.93. The first-order valence-electron chi connectivity index (χ1n) is 6.37. The minimum Gasteiger partial charge on any atom is -0.397 e. The first kappa shape index (κ1) is 12.4. The van der Waals surface area contributed by atoms with Gasteiger partial charge in [0, 0.05) is 6.42 Å². The molecule has 0 aliphatic carbocycles. The number of hydrogen-bond acceptors (Lipinski definition) is 5. The maximum Gasteiger partial charge on any atom is 0.155 e. The Hall–Kier alpha value is -1.63. The van der Waals surface area contributed by atoms with E-state index in [1.807, 2.05) is 0 Å². The van der Waals surface area contributed by atoms with Gasteiger partial charge in [0.15, 0.2) is 21.3 Å². The average Bonchev–Trinajstić information content (AvgIpc) is 2.73. The van der Waals surface area contributed by atoms with Crippen molar-refractivity contribution in [2.24, 2.45) is 0 Å². The molecule has 19 heavy (non-hydrogen) atoms. The standard InChI is InChI=1S/C12H16N4O2S/c13-9-4-5-12-14-11(15-16(12)8-9)7-10-3-1-2-6-19(10,17)18/h4-5,8,10H,1-3,6-7,13H2. The second kappa shape index (κ2) is 4.48. The molecule has 0 aromatic carbocycles. The third-order valence-electron chi connectivity index (χ3n) is 3.52. The van der Waals surface area contributed by atoms with Crippen molar-refractivity contribution < 1.29 is 8.42 Å². The second-order valence-corrected chi connectivity index (χ2v) is 7.38. The molecular formula is C12H16N4O2S. The van der Waals surface area contributed by atoms with Gasteiger partial charge in [0.1, 0.15) is 0 Å². The van der Waals surface area contributed by atoms with Crippen molar-refractivity contribution in [2.45, 2.75) is 30.9 Å². The molecule has 1 saturated heterocycles. The van der Waals surface area contributed by atoms with Gasteiger partial charge in [-0.15, -0.1) is 0 Å². The molecule has 0 radical (unpaired) electrons. The zero-order valence-corrected chi connectivity index (χ0v) is 11.3. The summed E-state index contributed by atoms with van der Waals surface area (Å²) in [5.74, 6) is 0.860. The van der Waals surface area contributed by atoms with Gasteiger partial charge in [0.2, 0.25) is 0 Å². The van der Waals surface area contributed by atoms with Gasteiger partial charge in [-0.05, 0) is 25.0 Å². The van der Waals surface area contributed by atoms with Gasteiger partial charge in [0.05, 0.1) is 22.9 Å². The van der Waals surface area contributed by atoms with E-state index in [1.165, 1.54) is 0 Å². The van der Waals surface area contributed by atoms with E-state index in [0.29, 0.717) is 30.0 Å². The molecule has 7 heteroatoms. The van der Waals surface area contributed by atoms with Crippen molar-refractivity contribution in [3.05, 3.63) is 24.2 Å². The zero-order valence-electron chi connectivity index (χ0n) is 10.5. The molecule has 1 atom stereocenters. The zero-order chi connectivity index (χ0) is 13.5. The number of pyridine rings is 1. The quantitative estimate of drug-likeness (QED) is 0.879. The number of hydrogen-bond donors (Lipinski definition) is 1. The van der Waals surface area contributed by atoms with E-state index < -0.39 is 9.84 Å². The smallest absolute Gasteiger partial charge is 0.155 e. The number of aromatic nitrogens is 3. The molecule has 1 aliphatic rings. The van der Waals surface area contributed by atoms with Crippen molar-refractivity contribution in [3.63, 3.8) is 0 Å². The van der Waals surface area contributed by atoms with Gasteiger partial charge in [-0.2, -0.15) is 5.10 Å². The van der Waals surface area contributed by atoms with Crippen LogP contribution in [0.1, 0.15) is 25.1 Å². The molecule has 3 heterocycles. The van der Waals surface area contributed by atoms with Gasteiger partial charge < -0.3 is 5.73 Å². The Morgan fingerprint density at radius 2 is 2.21 bits per heavy atom. The Balaban J connectivity index is 1.88. The van der Waals surface area contributed by atoms with E-state index in [9.17, 15) is 8.42 Å². The summed E-state index contributed by atoms with van der Waals surface area (Å²) in [5.41, 5.74) is 6.97. The van der Waals surface area contributed by atoms with E-state index in [4.69, 9.17) is 5.73 Å². The summed E-state index contributed by atoms with van der Waals surface area (Å²) in [7, 11) is -2.98. The number of rotatable bonds is 2. The number of nitrogen functional groups attached to an aromatic ring is 1. The van der Waals surface area contributed by atoms with Gasteiger partial charge in [-0.3, -0.25) is 0 Å². The van der Waals surface area contributed by atoms with Crippen LogP contribution in [0.15, 0.2) is 18.3 Å². The SMILES string of the molecule is Nc1ccc2nc(CC3CCCCS3(=O)=O)nn2c1. The minimum atomic E-state index is -2.98. The van der Waals surface area contributed by atoms with Crippen LogP contribution in [0.25, 0.3) is 5.65 Å². The van der Waals surface area contributed by atoms with E-state index in [2.05, 4.69) is 10.1 Å². The number of fused-ring (bicyclic) bond motifs is 1. The molecule has 0 bridgehead atoms. The van der Waals surface area contributed by atoms with Crippen LogP contribution in [0.5, 0.6) is 0 Å². The Morgan fingerprint density at radius 1 is 1.37 bits per heavy atom. The van der Waals surface area contributed by atoms with Gasteiger partial charge >= 0.3 is 0 Å². The van der Waals surface area contributed by atoms with Crippen LogP contribution in [0.3, 0.4) is 0 Å². The highest BCUT2D eigenvalue weighted by molar-refractivity contribution is 7.92. The molecule has 1 unspecified atom stereocenters. The molecule has 0 spiro atoms. The molecule has 0 amide bonds. The van der Waals surface area contributed by atoms with Crippen molar-refractivity contribution in [1.82, 2.24) is 14.6 Å². The fourth-order valence-corrected chi connectivity index (χ4v) is 4.35. The van der Waals surface area contributed by atoms with Crippen molar-refractivity contribution >= 4 is 21.2 Å². The summed E-state index contributed by atoms with van der Waals surface area (Å²) in [6.45, 7) is 0. The van der Waals surface area contributed by atoms with Gasteiger partial charge in [-0.1, -0.05) is 6.42 Å². The minimum absolute atomic E-state index is 0.290. The summed E-state index contributed by atoms with van der Waals surface area (Å²) < 4.78 is 25.5. The Bertz CT molecular complexity index is 708. The van der Waals surface area contributed by atoms with Crippen LogP contribution < -0.4 is 5.73 Å². The van der Waals surface area contributed by atoms with Crippen molar-refractivity contribution in [2.75, 3.05) is 11.5 Å². The highest BCUT2D eigenvalue weighted by Crippen LogP contribution is 2.22. The third kappa shape index (κ3) is 2.42. The molecule has 2 aromatic heterocycles. The predicted octanol–water partition coefficient (Wildman–Crippen LogP) is 0.821. The van der Waals surface area contributed by atoms with Crippen molar-refractivity contribution in [1.29, 1.82) is 0 Å². The van der Waals surface area contributed by atoms with E-state index in [1.54, 1.807) is 22.8 Å². The average molecular weight is 280 g/mol. The number of sulfone groups is 1. The van der Waals surface area contributed by atoms with Crippen LogP contribution in [0.2, 0.25) is 0 Å². The van der Waals surface area contributed by atoms with Gasteiger partial charge in [-0.25, -0.2) is 17.9 Å². The summed E-state index contributed by atoms with van der Waals surface area (Å²) >= 11 is 0. The normalized spacial score (nSPS) is 22.6. The number of anilines is 1. The van der Waals surface area contributed by atoms with Crippen LogP contribution in [-0.2, 0) is 16.3 Å². The fourth-order valence-electron chi connectivity index (χ4n) is 2.49. The van der Waals surface area contributed by atoms with Gasteiger partial charge in [0.25, 0.3) is 0 Å². The first-order chi connectivity index (χ1) is 9.04. The Labute approximate surface area is 111 Å². The number of nitrogens with zero attached hydrogens (tertiary/aromatic N) is 3. The van der Waals surface area contributed by atoms with Crippen LogP contribution in [0.4, 0.5) is 5.69 Å². The maximum absolute atomic E-state index is 12.0. The van der Waals surface area contributed by atoms with E-state index in [-0.39, 0.29) is 11.0 Å². The molecule has 2 aromatic rings. The first-order valence-corrected chi connectivity index (χ1v) is 8.08. The lowest BCUT2D eigenvalue weighted by Crippen LogP contribution is -2.30. The topological polar surface area (TPSA) is 90.3 Å². The molecule has 0 saturated carbocycles. The Morgan fingerprint density at radius 3 is 3.00 bits per heavy atom. The molecule has 1 aliphatic heterocycles. The third-order valence-corrected chi connectivity index (χ3v) is 5.80. The van der Waals surface area contributed by atoms with E-state index >= 15 is 0 Å². The lowest BCUT2D eigenvalue weighted by molar-refractivity contribution is 0.534. The summed E-state index contributed by atoms with van der Waals surface area (Å²) in [6.07, 6.45) is 4.52. The predicted molar refractivity (Wildman–Crippen MR) is 72.5 cm³/mol. The summed E-state index contributed by atoms with van der Waals surface area (Å²) in [5, 5.41) is 3.96. The lowest BCUT2D eigenvalue weighted by atomic mass is 10.1. The highest BCUT2D eigenvalue weighted by Gasteiger charge is 2.30. The maximum atomic E-state index is 12.0. The molecule has 3 rings (SSSR count). The molecule has 1 fully saturated rings. The molecular weight excluding hydrogens is 264 g/mol. The summed E-state index contributed by atoms with van der Waals surface area (Å²) in [4.78, 5) is 4.35. The highest BCUT2D eigenvalue weighted by atomic mass is 32.2. The molecule has 102 valence electrons. The van der Waals surface area contributed by atoms with Crippen LogP contribution >= 0.6 is 0 Å². The van der Waals surface area contributed by atoms with Crippen LogP contribution in [0, 0.1) is 0 Å². The molecule has 2 N–H and O–H groups in total. The second-order valence-electron chi connectivity index (χ2n) is 4.98. The number of nitrogens with two attached hydrogens (primary N) is 1. The van der Waals surface area contributed by atoms with E-state index in [0.717, 1.165) is 12.8 Å². The summed E-state index contributed by atoms with van der Waals surface area (Å²) in [6, 6.07) is 3.53. The molecule has 6 nitrogen and oxygen atoms in total. The monoisotopic (exact) mass is 280 g/mol.